The molecular weight excluding hydrogens is 326 g/mol. The van der Waals surface area contributed by atoms with Gasteiger partial charge in [0.25, 0.3) is 5.91 Å². The molecule has 2 aliphatic rings. The minimum Gasteiger partial charge on any atom is -0.356 e. The smallest absolute Gasteiger partial charge is 0.254 e. The van der Waals surface area contributed by atoms with Crippen molar-refractivity contribution in [2.75, 3.05) is 36.5 Å². The summed E-state index contributed by atoms with van der Waals surface area (Å²) in [7, 11) is -1.09. The van der Waals surface area contributed by atoms with Crippen molar-refractivity contribution in [3.05, 3.63) is 23.9 Å². The number of nitrogens with zero attached hydrogens (tertiary/aromatic N) is 3. The number of carbonyl (C=O) groups is 1. The predicted octanol–water partition coefficient (Wildman–Crippen LogP) is 1.72. The fraction of sp³-hybridized carbons (Fsp3) is 0.647. The van der Waals surface area contributed by atoms with Crippen LogP contribution in [-0.2, 0) is 9.84 Å². The molecule has 2 fully saturated rings. The molecule has 24 heavy (non-hydrogen) atoms. The Kier molecular flexibility index (Phi) is 5.08. The first kappa shape index (κ1) is 17.2. The largest absolute Gasteiger partial charge is 0.356 e. The third kappa shape index (κ3) is 3.88. The minimum absolute atomic E-state index is 0.0491. The zero-order valence-electron chi connectivity index (χ0n) is 14.1. The number of hydrogen-bond donors (Lipinski definition) is 0. The van der Waals surface area contributed by atoms with Crippen molar-refractivity contribution in [2.45, 2.75) is 38.1 Å². The lowest BCUT2D eigenvalue weighted by molar-refractivity contribution is 0.0761. The fourth-order valence-corrected chi connectivity index (χ4v) is 5.24. The van der Waals surface area contributed by atoms with Gasteiger partial charge in [-0.15, -0.1) is 0 Å². The molecule has 0 radical (unpaired) electrons. The molecule has 132 valence electrons. The lowest BCUT2D eigenvalue weighted by Gasteiger charge is -2.25. The maximum absolute atomic E-state index is 12.7. The van der Waals surface area contributed by atoms with E-state index in [9.17, 15) is 13.2 Å². The number of pyridine rings is 1. The Labute approximate surface area is 143 Å². The maximum Gasteiger partial charge on any atom is 0.254 e. The molecule has 2 aliphatic heterocycles. The molecule has 1 atom stereocenters. The van der Waals surface area contributed by atoms with Crippen LogP contribution < -0.4 is 4.90 Å². The number of hydrogen-bond acceptors (Lipinski definition) is 5. The second-order valence-corrected chi connectivity index (χ2v) is 9.01. The van der Waals surface area contributed by atoms with Gasteiger partial charge in [-0.05, 0) is 31.4 Å². The molecule has 1 amide bonds. The van der Waals surface area contributed by atoms with Crippen molar-refractivity contribution < 1.29 is 13.2 Å². The summed E-state index contributed by atoms with van der Waals surface area (Å²) < 4.78 is 23.4. The summed E-state index contributed by atoms with van der Waals surface area (Å²) >= 11 is 0. The molecular formula is C17H25N3O3S. The Bertz CT molecular complexity index is 697. The number of aromatic nitrogens is 1. The van der Waals surface area contributed by atoms with Crippen molar-refractivity contribution in [2.24, 2.45) is 0 Å². The lowest BCUT2D eigenvalue weighted by atomic mass is 10.2. The van der Waals surface area contributed by atoms with Gasteiger partial charge in [-0.3, -0.25) is 4.79 Å². The highest BCUT2D eigenvalue weighted by Gasteiger charge is 2.31. The van der Waals surface area contributed by atoms with Crippen LogP contribution in [0.15, 0.2) is 18.3 Å². The van der Waals surface area contributed by atoms with Crippen LogP contribution in [0.5, 0.6) is 0 Å². The molecule has 7 heteroatoms. The van der Waals surface area contributed by atoms with E-state index < -0.39 is 9.84 Å². The Balaban J connectivity index is 1.75. The molecule has 6 nitrogen and oxygen atoms in total. The van der Waals surface area contributed by atoms with Gasteiger partial charge in [0.1, 0.15) is 5.82 Å². The molecule has 1 unspecified atom stereocenters. The van der Waals surface area contributed by atoms with Crippen LogP contribution in [0.4, 0.5) is 5.82 Å². The molecule has 0 spiro atoms. The second kappa shape index (κ2) is 7.09. The molecule has 1 aromatic heterocycles. The monoisotopic (exact) mass is 351 g/mol. The van der Waals surface area contributed by atoms with Gasteiger partial charge in [0, 0.05) is 37.9 Å². The van der Waals surface area contributed by atoms with Crippen molar-refractivity contribution in [3.63, 3.8) is 0 Å². The number of carbonyl (C=O) groups excluding carboxylic acids is 1. The van der Waals surface area contributed by atoms with E-state index in [1.165, 1.54) is 12.8 Å². The summed E-state index contributed by atoms with van der Waals surface area (Å²) in [5.41, 5.74) is 0.634. The van der Waals surface area contributed by atoms with E-state index in [1.807, 2.05) is 16.8 Å². The number of anilines is 1. The molecule has 3 heterocycles. The fourth-order valence-electron chi connectivity index (χ4n) is 3.47. The first-order valence-electron chi connectivity index (χ1n) is 8.65. The SMILES string of the molecule is CN(c1cc(C(=O)N2CCCCCC2)ccn1)C1CCS(=O)(=O)C1. The van der Waals surface area contributed by atoms with Gasteiger partial charge in [-0.2, -0.15) is 0 Å². The zero-order valence-corrected chi connectivity index (χ0v) is 15.0. The van der Waals surface area contributed by atoms with E-state index >= 15 is 0 Å². The summed E-state index contributed by atoms with van der Waals surface area (Å²) in [5.74, 6) is 1.11. The number of sulfone groups is 1. The average molecular weight is 351 g/mol. The van der Waals surface area contributed by atoms with Gasteiger partial charge >= 0.3 is 0 Å². The summed E-state index contributed by atoms with van der Waals surface area (Å²) in [6, 6.07) is 3.47. The van der Waals surface area contributed by atoms with Gasteiger partial charge in [0.05, 0.1) is 11.5 Å². The van der Waals surface area contributed by atoms with Crippen molar-refractivity contribution in [3.8, 4) is 0 Å². The summed E-state index contributed by atoms with van der Waals surface area (Å²) in [6.45, 7) is 1.63. The highest BCUT2D eigenvalue weighted by molar-refractivity contribution is 7.91. The highest BCUT2D eigenvalue weighted by Crippen LogP contribution is 2.22. The lowest BCUT2D eigenvalue weighted by Crippen LogP contribution is -2.34. The van der Waals surface area contributed by atoms with Gasteiger partial charge in [-0.1, -0.05) is 12.8 Å². The predicted molar refractivity (Wildman–Crippen MR) is 94.1 cm³/mol. The summed E-state index contributed by atoms with van der Waals surface area (Å²) in [5, 5.41) is 0. The number of amides is 1. The quantitative estimate of drug-likeness (QED) is 0.829. The van der Waals surface area contributed by atoms with Gasteiger partial charge in [0.15, 0.2) is 9.84 Å². The zero-order chi connectivity index (χ0) is 17.2. The molecule has 0 N–H and O–H groups in total. The minimum atomic E-state index is -2.94. The molecule has 0 saturated carbocycles. The van der Waals surface area contributed by atoms with Gasteiger partial charge in [-0.25, -0.2) is 13.4 Å². The highest BCUT2D eigenvalue weighted by atomic mass is 32.2. The Morgan fingerprint density at radius 1 is 1.25 bits per heavy atom. The van der Waals surface area contributed by atoms with Crippen LogP contribution >= 0.6 is 0 Å². The molecule has 0 aromatic carbocycles. The van der Waals surface area contributed by atoms with E-state index in [1.54, 1.807) is 18.3 Å². The molecule has 2 saturated heterocycles. The average Bonchev–Trinajstić information content (AvgIpc) is 2.79. The summed E-state index contributed by atoms with van der Waals surface area (Å²) in [4.78, 5) is 20.9. The molecule has 1 aromatic rings. The van der Waals surface area contributed by atoms with E-state index in [4.69, 9.17) is 0 Å². The Hall–Kier alpha value is -1.63. The molecule has 3 rings (SSSR count). The van der Waals surface area contributed by atoms with Crippen LogP contribution in [-0.4, -0.2) is 61.9 Å². The van der Waals surface area contributed by atoms with Crippen LogP contribution in [0.2, 0.25) is 0 Å². The normalized spacial score (nSPS) is 23.7. The standard InChI is InChI=1S/C17H25N3O3S/c1-19(15-7-11-24(22,23)13-15)16-12-14(6-8-18-16)17(21)20-9-4-2-3-5-10-20/h6,8,12,15H,2-5,7,9-11,13H2,1H3. The van der Waals surface area contributed by atoms with Crippen LogP contribution in [0.25, 0.3) is 0 Å². The van der Waals surface area contributed by atoms with Crippen LogP contribution in [0, 0.1) is 0 Å². The third-order valence-corrected chi connectivity index (χ3v) is 6.75. The van der Waals surface area contributed by atoms with Crippen LogP contribution in [0.3, 0.4) is 0 Å². The van der Waals surface area contributed by atoms with E-state index in [0.717, 1.165) is 25.9 Å². The van der Waals surface area contributed by atoms with Gasteiger partial charge < -0.3 is 9.80 Å². The van der Waals surface area contributed by atoms with Gasteiger partial charge in [0.2, 0.25) is 0 Å². The number of rotatable bonds is 3. The topological polar surface area (TPSA) is 70.6 Å². The van der Waals surface area contributed by atoms with Crippen molar-refractivity contribution in [1.29, 1.82) is 0 Å². The van der Waals surface area contributed by atoms with E-state index in [0.29, 0.717) is 17.8 Å². The van der Waals surface area contributed by atoms with Crippen LogP contribution in [0.1, 0.15) is 42.5 Å². The van der Waals surface area contributed by atoms with Crippen molar-refractivity contribution >= 4 is 21.6 Å². The second-order valence-electron chi connectivity index (χ2n) is 6.78. The molecule has 0 bridgehead atoms. The maximum atomic E-state index is 12.7. The third-order valence-electron chi connectivity index (χ3n) is 5.00. The van der Waals surface area contributed by atoms with Crippen molar-refractivity contribution in [1.82, 2.24) is 9.88 Å². The van der Waals surface area contributed by atoms with E-state index in [2.05, 4.69) is 4.98 Å². The first-order chi connectivity index (χ1) is 11.5. The summed E-state index contributed by atoms with van der Waals surface area (Å²) in [6.07, 6.45) is 6.74. The Morgan fingerprint density at radius 2 is 1.96 bits per heavy atom. The number of likely N-dealkylation sites (tertiary alicyclic amines) is 1. The Morgan fingerprint density at radius 3 is 2.58 bits per heavy atom. The molecule has 0 aliphatic carbocycles. The first-order valence-corrected chi connectivity index (χ1v) is 10.5. The van der Waals surface area contributed by atoms with E-state index in [-0.39, 0.29) is 23.5 Å².